The van der Waals surface area contributed by atoms with Crippen LogP contribution in [0.4, 0.5) is 4.79 Å². The maximum absolute atomic E-state index is 13.0. The van der Waals surface area contributed by atoms with Crippen molar-refractivity contribution in [2.75, 3.05) is 6.61 Å². The van der Waals surface area contributed by atoms with E-state index in [2.05, 4.69) is 23.2 Å². The number of aromatic nitrogens is 1. The monoisotopic (exact) mass is 439 g/mol. The third-order valence-electron chi connectivity index (χ3n) is 4.97. The molecule has 2 atom stereocenters. The van der Waals surface area contributed by atoms with Gasteiger partial charge >= 0.3 is 6.09 Å². The highest BCUT2D eigenvalue weighted by Gasteiger charge is 2.46. The zero-order valence-electron chi connectivity index (χ0n) is 18.7. The van der Waals surface area contributed by atoms with Crippen molar-refractivity contribution in [3.63, 3.8) is 0 Å². The van der Waals surface area contributed by atoms with Crippen molar-refractivity contribution in [1.82, 2.24) is 9.88 Å². The summed E-state index contributed by atoms with van der Waals surface area (Å²) in [5.74, 6) is 0. The molecule has 0 radical (unpaired) electrons. The molecular weight excluding hydrogens is 410 g/mol. The maximum Gasteiger partial charge on any atom is 0.412 e. The Hall–Kier alpha value is -2.56. The topological polar surface area (TPSA) is 75.5 Å². The van der Waals surface area contributed by atoms with E-state index < -0.39 is 11.3 Å². The minimum Gasteiger partial charge on any atom is -0.444 e. The molecule has 0 aliphatic carbocycles. The van der Waals surface area contributed by atoms with E-state index in [4.69, 9.17) is 9.47 Å². The van der Waals surface area contributed by atoms with E-state index in [0.717, 1.165) is 5.56 Å². The second kappa shape index (κ2) is 9.29. The molecule has 164 valence electrons. The molecule has 1 aromatic carbocycles. The lowest BCUT2D eigenvalue weighted by Gasteiger charge is -2.36. The van der Waals surface area contributed by atoms with Crippen molar-refractivity contribution in [1.29, 1.82) is 5.26 Å². The largest absolute Gasteiger partial charge is 0.444 e. The Morgan fingerprint density at radius 3 is 2.68 bits per heavy atom. The summed E-state index contributed by atoms with van der Waals surface area (Å²) in [5.41, 5.74) is 0.293. The highest BCUT2D eigenvalue weighted by molar-refractivity contribution is 7.99. The van der Waals surface area contributed by atoms with Crippen LogP contribution in [-0.2, 0) is 9.47 Å². The van der Waals surface area contributed by atoms with Gasteiger partial charge < -0.3 is 9.47 Å². The standard InChI is InChI=1S/C24H29N3O3S/c1-23(2,3)30-22(28)27-19(16-29-24(27,4)5)14-20(17-10-7-6-8-11-17)31-21-18(15-25)12-9-13-26-21/h6-13,19-20H,14,16H2,1-5H3/t19-,20+/m0/s1. The molecule has 0 N–H and O–H groups in total. The molecular formula is C24H29N3O3S. The molecule has 2 aromatic rings. The average Bonchev–Trinajstić information content (AvgIpc) is 3.01. The first-order chi connectivity index (χ1) is 14.6. The van der Waals surface area contributed by atoms with Crippen LogP contribution in [0.5, 0.6) is 0 Å². The van der Waals surface area contributed by atoms with Gasteiger partial charge in [0.2, 0.25) is 0 Å². The number of nitriles is 1. The molecule has 1 aromatic heterocycles. The Kier molecular flexibility index (Phi) is 6.93. The van der Waals surface area contributed by atoms with Crippen LogP contribution in [0.15, 0.2) is 53.7 Å². The predicted molar refractivity (Wildman–Crippen MR) is 121 cm³/mol. The van der Waals surface area contributed by atoms with Crippen molar-refractivity contribution >= 4 is 17.9 Å². The first kappa shape index (κ1) is 23.1. The van der Waals surface area contributed by atoms with E-state index in [1.54, 1.807) is 23.2 Å². The first-order valence-electron chi connectivity index (χ1n) is 10.3. The zero-order chi connectivity index (χ0) is 22.6. The van der Waals surface area contributed by atoms with Gasteiger partial charge in [-0.1, -0.05) is 42.1 Å². The van der Waals surface area contributed by atoms with Crippen LogP contribution in [0.3, 0.4) is 0 Å². The Labute approximate surface area is 188 Å². The van der Waals surface area contributed by atoms with Gasteiger partial charge in [0, 0.05) is 11.4 Å². The summed E-state index contributed by atoms with van der Waals surface area (Å²) >= 11 is 1.54. The highest BCUT2D eigenvalue weighted by Crippen LogP contribution is 2.42. The minimum atomic E-state index is -0.762. The number of carbonyl (C=O) groups is 1. The number of hydrogen-bond donors (Lipinski definition) is 0. The van der Waals surface area contributed by atoms with Crippen LogP contribution >= 0.6 is 11.8 Å². The molecule has 0 unspecified atom stereocenters. The first-order valence-corrected chi connectivity index (χ1v) is 11.2. The van der Waals surface area contributed by atoms with Gasteiger partial charge in [-0.15, -0.1) is 0 Å². The van der Waals surface area contributed by atoms with E-state index in [-0.39, 0.29) is 17.4 Å². The maximum atomic E-state index is 13.0. The molecule has 3 rings (SSSR count). The lowest BCUT2D eigenvalue weighted by Crippen LogP contribution is -2.50. The number of hydrogen-bond acceptors (Lipinski definition) is 6. The number of pyridine rings is 1. The molecule has 1 fully saturated rings. The molecule has 1 saturated heterocycles. The molecule has 0 spiro atoms. The van der Waals surface area contributed by atoms with Crippen LogP contribution in [0, 0.1) is 11.3 Å². The van der Waals surface area contributed by atoms with Gasteiger partial charge in [0.05, 0.1) is 18.2 Å². The molecule has 1 aliphatic heterocycles. The molecule has 31 heavy (non-hydrogen) atoms. The quantitative estimate of drug-likeness (QED) is 0.569. The number of amides is 1. The van der Waals surface area contributed by atoms with E-state index >= 15 is 0 Å². The molecule has 1 amide bonds. The fraction of sp³-hybridized carbons (Fsp3) is 0.458. The van der Waals surface area contributed by atoms with Crippen LogP contribution < -0.4 is 0 Å². The van der Waals surface area contributed by atoms with Crippen molar-refractivity contribution in [3.05, 3.63) is 59.8 Å². The highest BCUT2D eigenvalue weighted by atomic mass is 32.2. The van der Waals surface area contributed by atoms with E-state index in [1.807, 2.05) is 52.8 Å². The van der Waals surface area contributed by atoms with Crippen molar-refractivity contribution in [2.24, 2.45) is 0 Å². The van der Waals surface area contributed by atoms with Crippen LogP contribution in [0.25, 0.3) is 0 Å². The van der Waals surface area contributed by atoms with Gasteiger partial charge in [0.1, 0.15) is 22.4 Å². The third kappa shape index (κ3) is 5.78. The van der Waals surface area contributed by atoms with Crippen molar-refractivity contribution in [2.45, 2.75) is 68.7 Å². The van der Waals surface area contributed by atoms with E-state index in [9.17, 15) is 10.1 Å². The number of carbonyl (C=O) groups excluding carboxylic acids is 1. The van der Waals surface area contributed by atoms with Gasteiger partial charge in [-0.05, 0) is 58.7 Å². The lowest BCUT2D eigenvalue weighted by atomic mass is 10.0. The number of thioether (sulfide) groups is 1. The normalized spacial score (nSPS) is 19.0. The summed E-state index contributed by atoms with van der Waals surface area (Å²) in [7, 11) is 0. The smallest absolute Gasteiger partial charge is 0.412 e. The summed E-state index contributed by atoms with van der Waals surface area (Å²) in [5, 5.41) is 10.1. The van der Waals surface area contributed by atoms with Crippen LogP contribution in [0.2, 0.25) is 0 Å². The molecule has 2 heterocycles. The van der Waals surface area contributed by atoms with Gasteiger partial charge in [-0.2, -0.15) is 5.26 Å². The number of ether oxygens (including phenoxy) is 2. The summed E-state index contributed by atoms with van der Waals surface area (Å²) < 4.78 is 11.7. The van der Waals surface area contributed by atoms with Gasteiger partial charge in [0.25, 0.3) is 0 Å². The van der Waals surface area contributed by atoms with Gasteiger partial charge in [0.15, 0.2) is 0 Å². The SMILES string of the molecule is CC(C)(C)OC(=O)N1[C@@H](C[C@@H](Sc2ncccc2C#N)c2ccccc2)COC1(C)C. The molecule has 1 aliphatic rings. The number of rotatable bonds is 5. The summed E-state index contributed by atoms with van der Waals surface area (Å²) in [6, 6.07) is 15.7. The Morgan fingerprint density at radius 1 is 1.32 bits per heavy atom. The second-order valence-electron chi connectivity index (χ2n) is 8.98. The van der Waals surface area contributed by atoms with E-state index in [0.29, 0.717) is 23.6 Å². The molecule has 6 nitrogen and oxygen atoms in total. The number of nitrogens with zero attached hydrogens (tertiary/aromatic N) is 3. The van der Waals surface area contributed by atoms with E-state index in [1.165, 1.54) is 11.8 Å². The summed E-state index contributed by atoms with van der Waals surface area (Å²) in [4.78, 5) is 19.2. The average molecular weight is 440 g/mol. The molecule has 0 saturated carbocycles. The predicted octanol–water partition coefficient (Wildman–Crippen LogP) is 5.55. The molecule has 0 bridgehead atoms. The van der Waals surface area contributed by atoms with Crippen LogP contribution in [0.1, 0.15) is 57.4 Å². The third-order valence-corrected chi connectivity index (χ3v) is 6.27. The Balaban J connectivity index is 1.89. The lowest BCUT2D eigenvalue weighted by molar-refractivity contribution is -0.0626. The fourth-order valence-electron chi connectivity index (χ4n) is 3.61. The van der Waals surface area contributed by atoms with Crippen molar-refractivity contribution < 1.29 is 14.3 Å². The summed E-state index contributed by atoms with van der Waals surface area (Å²) in [6.45, 7) is 9.76. The minimum absolute atomic E-state index is 0.0179. The van der Waals surface area contributed by atoms with Gasteiger partial charge in [-0.3, -0.25) is 4.90 Å². The summed E-state index contributed by atoms with van der Waals surface area (Å²) in [6.07, 6.45) is 1.95. The van der Waals surface area contributed by atoms with Crippen LogP contribution in [-0.4, -0.2) is 40.0 Å². The number of benzene rings is 1. The Morgan fingerprint density at radius 2 is 2.03 bits per heavy atom. The van der Waals surface area contributed by atoms with Gasteiger partial charge in [-0.25, -0.2) is 9.78 Å². The zero-order valence-corrected chi connectivity index (χ0v) is 19.5. The Bertz CT molecular complexity index is 951. The second-order valence-corrected chi connectivity index (χ2v) is 10.2. The van der Waals surface area contributed by atoms with Crippen molar-refractivity contribution in [3.8, 4) is 6.07 Å². The fourth-order valence-corrected chi connectivity index (χ4v) is 4.85. The molecule has 7 heteroatoms.